The highest BCUT2D eigenvalue weighted by Crippen LogP contribution is 2.49. The molecule has 1 rings (SSSR count). The Morgan fingerprint density at radius 2 is 1.87 bits per heavy atom. The molecule has 23 heavy (non-hydrogen) atoms. The maximum absolute atomic E-state index is 12.9. The summed E-state index contributed by atoms with van der Waals surface area (Å²) >= 11 is 0. The van der Waals surface area contributed by atoms with Gasteiger partial charge in [-0.05, 0) is 25.5 Å². The number of hydrogen-bond acceptors (Lipinski definition) is 5. The van der Waals surface area contributed by atoms with Crippen molar-refractivity contribution in [2.24, 2.45) is 0 Å². The molecule has 0 N–H and O–H groups in total. The molecular weight excluding hydrogens is 317 g/mol. The van der Waals surface area contributed by atoms with E-state index in [4.69, 9.17) is 9.05 Å². The molecule has 7 heteroatoms. The quantitative estimate of drug-likeness (QED) is 0.187. The molecule has 0 amide bonds. The number of non-ortho nitro benzene ring substituents is 1. The molecule has 0 saturated carbocycles. The second-order valence-electron chi connectivity index (χ2n) is 5.13. The summed E-state index contributed by atoms with van der Waals surface area (Å²) in [5.41, 5.74) is -0.0739. The predicted molar refractivity (Wildman–Crippen MR) is 90.9 cm³/mol. The molecule has 0 aromatic heterocycles. The van der Waals surface area contributed by atoms with E-state index in [-0.39, 0.29) is 12.3 Å². The summed E-state index contributed by atoms with van der Waals surface area (Å²) in [7, 11) is -3.56. The summed E-state index contributed by atoms with van der Waals surface area (Å²) in [5, 5.41) is 11.0. The fourth-order valence-corrected chi connectivity index (χ4v) is 3.64. The van der Waals surface area contributed by atoms with Crippen LogP contribution in [0.4, 0.5) is 5.69 Å². The number of unbranched alkanes of at least 4 members (excludes halogenated alkanes) is 3. The minimum Gasteiger partial charge on any atom is -0.426 e. The summed E-state index contributed by atoms with van der Waals surface area (Å²) < 4.78 is 23.8. The van der Waals surface area contributed by atoms with Crippen molar-refractivity contribution in [1.82, 2.24) is 0 Å². The van der Waals surface area contributed by atoms with Gasteiger partial charge < -0.3 is 4.52 Å². The van der Waals surface area contributed by atoms with Gasteiger partial charge in [-0.1, -0.05) is 32.8 Å². The van der Waals surface area contributed by atoms with Crippen LogP contribution in [0.25, 0.3) is 0 Å². The lowest BCUT2D eigenvalue weighted by atomic mass is 10.1. The number of allylic oxidation sites excluding steroid dienone is 1. The van der Waals surface area contributed by atoms with Gasteiger partial charge in [0.15, 0.2) is 0 Å². The minimum absolute atomic E-state index is 0.0739. The van der Waals surface area contributed by atoms with Gasteiger partial charge in [0.2, 0.25) is 0 Å². The van der Waals surface area contributed by atoms with Crippen LogP contribution in [0.15, 0.2) is 36.6 Å². The van der Waals surface area contributed by atoms with E-state index in [1.807, 2.05) is 0 Å². The average molecular weight is 341 g/mol. The Hall–Kier alpha value is -1.65. The highest BCUT2D eigenvalue weighted by Gasteiger charge is 2.29. The van der Waals surface area contributed by atoms with E-state index in [2.05, 4.69) is 13.5 Å². The smallest absolute Gasteiger partial charge is 0.410 e. The zero-order chi connectivity index (χ0) is 17.3. The Labute approximate surface area is 137 Å². The molecule has 0 fully saturated rings. The minimum atomic E-state index is -3.56. The van der Waals surface area contributed by atoms with Gasteiger partial charge in [0, 0.05) is 18.6 Å². The molecule has 0 spiro atoms. The van der Waals surface area contributed by atoms with Gasteiger partial charge in [0.05, 0.1) is 22.6 Å². The van der Waals surface area contributed by atoms with Crippen LogP contribution in [0.1, 0.15) is 46.0 Å². The third-order valence-electron chi connectivity index (χ3n) is 3.23. The lowest BCUT2D eigenvalue weighted by molar-refractivity contribution is -0.384. The lowest BCUT2D eigenvalue weighted by Gasteiger charge is -2.20. The first-order valence-corrected chi connectivity index (χ1v) is 9.34. The molecule has 0 heterocycles. The fraction of sp³-hybridized carbons (Fsp3) is 0.500. The monoisotopic (exact) mass is 341 g/mol. The second kappa shape index (κ2) is 9.48. The maximum atomic E-state index is 12.9. The Morgan fingerprint density at radius 1 is 1.22 bits per heavy atom. The fourth-order valence-electron chi connectivity index (χ4n) is 2.05. The van der Waals surface area contributed by atoms with Gasteiger partial charge in [0.1, 0.15) is 0 Å². The number of rotatable bonds is 11. The van der Waals surface area contributed by atoms with Crippen LogP contribution in [0.3, 0.4) is 0 Å². The third-order valence-corrected chi connectivity index (χ3v) is 5.26. The molecule has 0 aliphatic heterocycles. The predicted octanol–water partition coefficient (Wildman–Crippen LogP) is 4.95. The lowest BCUT2D eigenvalue weighted by Crippen LogP contribution is -2.10. The van der Waals surface area contributed by atoms with Gasteiger partial charge in [0.25, 0.3) is 5.69 Å². The first-order valence-electron chi connectivity index (χ1n) is 7.80. The van der Waals surface area contributed by atoms with E-state index < -0.39 is 12.5 Å². The summed E-state index contributed by atoms with van der Waals surface area (Å²) in [6, 6.07) is 5.38. The van der Waals surface area contributed by atoms with E-state index in [0.717, 1.165) is 25.7 Å². The van der Waals surface area contributed by atoms with Crippen molar-refractivity contribution >= 4 is 18.6 Å². The van der Waals surface area contributed by atoms with Crippen molar-refractivity contribution in [3.63, 3.8) is 0 Å². The Morgan fingerprint density at radius 3 is 2.39 bits per heavy atom. The Kier molecular flexibility index (Phi) is 8.00. The molecule has 6 nitrogen and oxygen atoms in total. The average Bonchev–Trinajstić information content (AvgIpc) is 2.52. The van der Waals surface area contributed by atoms with Crippen LogP contribution in [0.5, 0.6) is 0 Å². The Balaban J connectivity index is 2.79. The van der Waals surface area contributed by atoms with E-state index in [9.17, 15) is 14.7 Å². The number of nitro groups is 1. The van der Waals surface area contributed by atoms with Gasteiger partial charge in [-0.2, -0.15) is 0 Å². The normalized spacial score (nSPS) is 13.3. The van der Waals surface area contributed by atoms with Crippen LogP contribution in [0, 0.1) is 10.1 Å². The summed E-state index contributed by atoms with van der Waals surface area (Å²) in [6.07, 6.45) is 4.87. The molecule has 1 aromatic carbocycles. The molecule has 1 unspecified atom stereocenters. The number of benzene rings is 1. The first-order chi connectivity index (χ1) is 10.9. The number of hydrogen-bond donors (Lipinski definition) is 0. The molecule has 0 aliphatic rings. The van der Waals surface area contributed by atoms with E-state index in [1.165, 1.54) is 24.3 Å². The van der Waals surface area contributed by atoms with Crippen LogP contribution in [0.2, 0.25) is 0 Å². The number of nitrogens with zero attached hydrogens (tertiary/aromatic N) is 1. The van der Waals surface area contributed by atoms with Crippen molar-refractivity contribution in [3.05, 3.63) is 46.7 Å². The third kappa shape index (κ3) is 6.16. The van der Waals surface area contributed by atoms with Gasteiger partial charge in [-0.3, -0.25) is 14.6 Å². The van der Waals surface area contributed by atoms with E-state index in [1.54, 1.807) is 6.92 Å². The van der Waals surface area contributed by atoms with Crippen LogP contribution in [-0.2, 0) is 13.6 Å². The highest BCUT2D eigenvalue weighted by atomic mass is 31.2. The Bertz CT molecular complexity index is 570. The van der Waals surface area contributed by atoms with E-state index in [0.29, 0.717) is 17.5 Å². The largest absolute Gasteiger partial charge is 0.426 e. The zero-order valence-electron chi connectivity index (χ0n) is 13.7. The summed E-state index contributed by atoms with van der Waals surface area (Å²) in [4.78, 5) is 10.2. The number of nitro benzene ring substituents is 1. The van der Waals surface area contributed by atoms with Gasteiger partial charge >= 0.3 is 7.60 Å². The molecule has 0 radical (unpaired) electrons. The van der Waals surface area contributed by atoms with Crippen LogP contribution in [-0.4, -0.2) is 11.5 Å². The second-order valence-corrected chi connectivity index (χ2v) is 7.08. The van der Waals surface area contributed by atoms with Crippen LogP contribution >= 0.6 is 7.60 Å². The standard InChI is InChI=1S/C16H24NO5P/c1-4-6-7-8-9-14(3)22-23(20,21-5-2)16-12-10-15(11-13-16)17(18)19/h10-13H,3-9H2,1-2H3. The molecular formula is C16H24NO5P. The molecule has 0 saturated heterocycles. The van der Waals surface area contributed by atoms with Gasteiger partial charge in [-0.15, -0.1) is 0 Å². The van der Waals surface area contributed by atoms with Crippen molar-refractivity contribution in [2.75, 3.05) is 6.61 Å². The van der Waals surface area contributed by atoms with Crippen LogP contribution < -0.4 is 5.30 Å². The topological polar surface area (TPSA) is 78.7 Å². The summed E-state index contributed by atoms with van der Waals surface area (Å²) in [6.45, 7) is 7.86. The molecule has 0 aliphatic carbocycles. The van der Waals surface area contributed by atoms with E-state index >= 15 is 0 Å². The molecule has 1 atom stereocenters. The molecule has 128 valence electrons. The highest BCUT2D eigenvalue weighted by molar-refractivity contribution is 7.62. The van der Waals surface area contributed by atoms with Crippen molar-refractivity contribution in [1.29, 1.82) is 0 Å². The summed E-state index contributed by atoms with van der Waals surface area (Å²) in [5.74, 6) is 0.413. The van der Waals surface area contributed by atoms with Gasteiger partial charge in [-0.25, -0.2) is 4.57 Å². The molecule has 0 bridgehead atoms. The zero-order valence-corrected chi connectivity index (χ0v) is 14.6. The SMILES string of the molecule is C=C(CCCCCC)OP(=O)(OCC)c1ccc([N+](=O)[O-])cc1. The van der Waals surface area contributed by atoms with Crippen molar-refractivity contribution < 1.29 is 18.5 Å². The first kappa shape index (κ1) is 19.4. The molecule has 1 aromatic rings. The maximum Gasteiger partial charge on any atom is 0.410 e. The van der Waals surface area contributed by atoms with Crippen molar-refractivity contribution in [3.8, 4) is 0 Å². The van der Waals surface area contributed by atoms with Crippen molar-refractivity contribution in [2.45, 2.75) is 46.0 Å².